The molecule has 62 valence electrons. The molecule has 0 bridgehead atoms. The Balaban J connectivity index is 2.92. The van der Waals surface area contributed by atoms with Crippen LogP contribution in [0.15, 0.2) is 12.1 Å². The van der Waals surface area contributed by atoms with Crippen LogP contribution >= 0.6 is 35.2 Å². The number of halogens is 1. The van der Waals surface area contributed by atoms with Crippen molar-refractivity contribution in [2.24, 2.45) is 0 Å². The minimum atomic E-state index is 0.562. The van der Waals surface area contributed by atoms with Gasteiger partial charge in [0.2, 0.25) is 0 Å². The minimum Gasteiger partial charge on any atom is -0.397 e. The van der Waals surface area contributed by atoms with Crippen LogP contribution in [0.1, 0.15) is 0 Å². The van der Waals surface area contributed by atoms with Gasteiger partial charge in [-0.1, -0.05) is 11.6 Å². The van der Waals surface area contributed by atoms with Crippen LogP contribution in [0.3, 0.4) is 0 Å². The molecule has 0 spiro atoms. The molecule has 2 nitrogen and oxygen atoms in total. The summed E-state index contributed by atoms with van der Waals surface area (Å²) in [5.74, 6) is 0. The molecule has 0 unspecified atom stereocenters. The lowest BCUT2D eigenvalue weighted by atomic mass is 10.3. The molecule has 1 aromatic heterocycles. The lowest BCUT2D eigenvalue weighted by Gasteiger charge is -1.95. The number of thiazole rings is 1. The van der Waals surface area contributed by atoms with Crippen LogP contribution in [0.5, 0.6) is 0 Å². The Morgan fingerprint density at radius 1 is 1.50 bits per heavy atom. The fraction of sp³-hybridized carbons (Fsp3) is 0. The van der Waals surface area contributed by atoms with Gasteiger partial charge in [0.05, 0.1) is 20.9 Å². The number of hydrogen-bond acceptors (Lipinski definition) is 3. The highest BCUT2D eigenvalue weighted by atomic mass is 35.5. The number of anilines is 1. The SMILES string of the molecule is Nc1cc2sc(=S)[nH]c2cc1Cl. The van der Waals surface area contributed by atoms with Crippen LogP contribution in [0.2, 0.25) is 5.02 Å². The van der Waals surface area contributed by atoms with E-state index in [4.69, 9.17) is 29.6 Å². The number of nitrogens with one attached hydrogen (secondary N) is 1. The number of fused-ring (bicyclic) bond motifs is 1. The molecule has 0 fully saturated rings. The van der Waals surface area contributed by atoms with E-state index in [9.17, 15) is 0 Å². The maximum atomic E-state index is 5.82. The van der Waals surface area contributed by atoms with E-state index in [-0.39, 0.29) is 0 Å². The number of benzene rings is 1. The highest BCUT2D eigenvalue weighted by Gasteiger charge is 2.01. The Morgan fingerprint density at radius 2 is 2.25 bits per heavy atom. The highest BCUT2D eigenvalue weighted by molar-refractivity contribution is 7.73. The van der Waals surface area contributed by atoms with Crippen LogP contribution in [0.4, 0.5) is 5.69 Å². The highest BCUT2D eigenvalue weighted by Crippen LogP contribution is 2.27. The minimum absolute atomic E-state index is 0.562. The average molecular weight is 217 g/mol. The van der Waals surface area contributed by atoms with Crippen LogP contribution < -0.4 is 5.73 Å². The van der Waals surface area contributed by atoms with Gasteiger partial charge < -0.3 is 10.7 Å². The summed E-state index contributed by atoms with van der Waals surface area (Å²) in [5.41, 5.74) is 7.16. The molecule has 2 rings (SSSR count). The summed E-state index contributed by atoms with van der Waals surface area (Å²) in [6.07, 6.45) is 0. The van der Waals surface area contributed by atoms with E-state index in [1.807, 2.05) is 6.07 Å². The molecule has 0 saturated heterocycles. The summed E-state index contributed by atoms with van der Waals surface area (Å²) in [6, 6.07) is 3.62. The summed E-state index contributed by atoms with van der Waals surface area (Å²) >= 11 is 12.3. The summed E-state index contributed by atoms with van der Waals surface area (Å²) in [6.45, 7) is 0. The first-order valence-corrected chi connectivity index (χ1v) is 4.85. The molecule has 0 aliphatic carbocycles. The monoisotopic (exact) mass is 216 g/mol. The van der Waals surface area contributed by atoms with Crippen molar-refractivity contribution in [2.45, 2.75) is 0 Å². The molecule has 1 aromatic carbocycles. The summed E-state index contributed by atoms with van der Waals surface area (Å²) in [4.78, 5) is 3.02. The van der Waals surface area contributed by atoms with Gasteiger partial charge in [0.1, 0.15) is 0 Å². The predicted molar refractivity (Wildman–Crippen MR) is 56.4 cm³/mol. The first-order chi connectivity index (χ1) is 5.66. The molecular formula is C7H5ClN2S2. The van der Waals surface area contributed by atoms with Gasteiger partial charge in [-0.05, 0) is 24.4 Å². The Kier molecular flexibility index (Phi) is 1.83. The van der Waals surface area contributed by atoms with E-state index in [1.54, 1.807) is 6.07 Å². The van der Waals surface area contributed by atoms with Crippen molar-refractivity contribution < 1.29 is 0 Å². The fourth-order valence-corrected chi connectivity index (χ4v) is 2.30. The molecule has 0 atom stereocenters. The van der Waals surface area contributed by atoms with E-state index in [0.717, 1.165) is 14.2 Å². The quantitative estimate of drug-likeness (QED) is 0.525. The van der Waals surface area contributed by atoms with Gasteiger partial charge in [-0.15, -0.1) is 11.3 Å². The molecule has 2 aromatic rings. The zero-order valence-corrected chi connectivity index (χ0v) is 8.32. The number of hydrogen-bond donors (Lipinski definition) is 2. The van der Waals surface area contributed by atoms with Crippen LogP contribution in [0.25, 0.3) is 10.2 Å². The zero-order chi connectivity index (χ0) is 8.72. The molecular weight excluding hydrogens is 212 g/mol. The van der Waals surface area contributed by atoms with E-state index in [1.165, 1.54) is 11.3 Å². The lowest BCUT2D eigenvalue weighted by molar-refractivity contribution is 1.47. The smallest absolute Gasteiger partial charge is 0.159 e. The first-order valence-electron chi connectivity index (χ1n) is 3.24. The molecule has 0 aliphatic heterocycles. The third-order valence-corrected chi connectivity index (χ3v) is 3.06. The number of H-pyrrole nitrogens is 1. The van der Waals surface area contributed by atoms with E-state index in [2.05, 4.69) is 4.98 Å². The van der Waals surface area contributed by atoms with E-state index >= 15 is 0 Å². The molecule has 0 radical (unpaired) electrons. The predicted octanol–water partition coefficient (Wildman–Crippen LogP) is 3.19. The van der Waals surface area contributed by atoms with Gasteiger partial charge in [0, 0.05) is 0 Å². The standard InChI is InChI=1S/C7H5ClN2S2/c8-3-1-5-6(2-4(3)9)12-7(11)10-5/h1-2H,9H2,(H,10,11). The Hall–Kier alpha value is -0.580. The van der Waals surface area contributed by atoms with Crippen molar-refractivity contribution in [3.05, 3.63) is 21.1 Å². The maximum absolute atomic E-state index is 5.82. The molecule has 0 aliphatic rings. The third kappa shape index (κ3) is 1.22. The van der Waals surface area contributed by atoms with Crippen LogP contribution in [0, 0.1) is 3.95 Å². The average Bonchev–Trinajstić information content (AvgIpc) is 2.30. The maximum Gasteiger partial charge on any atom is 0.159 e. The van der Waals surface area contributed by atoms with Crippen molar-refractivity contribution in [3.63, 3.8) is 0 Å². The van der Waals surface area contributed by atoms with Crippen LogP contribution in [-0.2, 0) is 0 Å². The summed E-state index contributed by atoms with van der Waals surface area (Å²) in [7, 11) is 0. The number of rotatable bonds is 0. The molecule has 3 N–H and O–H groups in total. The fourth-order valence-electron chi connectivity index (χ4n) is 0.987. The van der Waals surface area contributed by atoms with Gasteiger partial charge in [-0.3, -0.25) is 0 Å². The molecule has 0 amide bonds. The number of aromatic nitrogens is 1. The number of aromatic amines is 1. The largest absolute Gasteiger partial charge is 0.397 e. The van der Waals surface area contributed by atoms with Gasteiger partial charge in [-0.2, -0.15) is 0 Å². The molecule has 0 saturated carbocycles. The second-order valence-corrected chi connectivity index (χ2v) is 4.51. The van der Waals surface area contributed by atoms with Gasteiger partial charge in [0.25, 0.3) is 0 Å². The van der Waals surface area contributed by atoms with Crippen LogP contribution in [-0.4, -0.2) is 4.98 Å². The number of nitrogen functional groups attached to an aromatic ring is 1. The van der Waals surface area contributed by atoms with Crippen molar-refractivity contribution in [3.8, 4) is 0 Å². The van der Waals surface area contributed by atoms with Gasteiger partial charge in [-0.25, -0.2) is 0 Å². The molecule has 12 heavy (non-hydrogen) atoms. The van der Waals surface area contributed by atoms with E-state index in [0.29, 0.717) is 10.7 Å². The van der Waals surface area contributed by atoms with Crippen molar-refractivity contribution in [2.75, 3.05) is 5.73 Å². The van der Waals surface area contributed by atoms with Gasteiger partial charge in [0.15, 0.2) is 3.95 Å². The topological polar surface area (TPSA) is 41.8 Å². The summed E-state index contributed by atoms with van der Waals surface area (Å²) in [5, 5.41) is 0.562. The Bertz CT molecular complexity index is 444. The second-order valence-electron chi connectivity index (χ2n) is 2.38. The normalized spacial score (nSPS) is 10.8. The van der Waals surface area contributed by atoms with E-state index < -0.39 is 0 Å². The zero-order valence-electron chi connectivity index (χ0n) is 5.93. The van der Waals surface area contributed by atoms with Crippen molar-refractivity contribution in [1.82, 2.24) is 4.98 Å². The van der Waals surface area contributed by atoms with Crippen molar-refractivity contribution in [1.29, 1.82) is 0 Å². The Labute approximate surface area is 83.0 Å². The number of nitrogens with two attached hydrogens (primary N) is 1. The first kappa shape index (κ1) is 8.04. The molecule has 5 heteroatoms. The Morgan fingerprint density at radius 3 is 3.00 bits per heavy atom. The third-order valence-electron chi connectivity index (χ3n) is 1.54. The summed E-state index contributed by atoms with van der Waals surface area (Å²) < 4.78 is 1.79. The van der Waals surface area contributed by atoms with Gasteiger partial charge >= 0.3 is 0 Å². The lowest BCUT2D eigenvalue weighted by Crippen LogP contribution is -1.84. The second kappa shape index (κ2) is 2.73. The molecule has 1 heterocycles. The van der Waals surface area contributed by atoms with Crippen molar-refractivity contribution >= 4 is 51.1 Å².